The molecule has 17 heavy (non-hydrogen) atoms. The summed E-state index contributed by atoms with van der Waals surface area (Å²) in [6.07, 6.45) is 0.568. The molecule has 1 rings (SSSR count). The molecule has 0 spiro atoms. The Morgan fingerprint density at radius 3 is 2.18 bits per heavy atom. The van der Waals surface area contributed by atoms with Gasteiger partial charge in [-0.1, -0.05) is 52.0 Å². The van der Waals surface area contributed by atoms with E-state index in [0.717, 1.165) is 5.56 Å². The smallest absolute Gasteiger partial charge is 0.147 e. The molecule has 0 bridgehead atoms. The van der Waals surface area contributed by atoms with Crippen molar-refractivity contribution in [3.63, 3.8) is 0 Å². The van der Waals surface area contributed by atoms with Crippen LogP contribution in [0.4, 0.5) is 0 Å². The number of carbonyl (C=O) groups excluding carboxylic acids is 1. The second-order valence-corrected chi connectivity index (χ2v) is 6.54. The third-order valence-corrected chi connectivity index (χ3v) is 3.78. The van der Waals surface area contributed by atoms with Crippen LogP contribution >= 0.6 is 11.8 Å². The minimum atomic E-state index is 0.320. The van der Waals surface area contributed by atoms with Gasteiger partial charge in [-0.25, -0.2) is 0 Å². The van der Waals surface area contributed by atoms with Gasteiger partial charge < -0.3 is 0 Å². The number of Topliss-reactive ketones (excluding diaryl/α,β-unsaturated/α-hetero) is 1. The van der Waals surface area contributed by atoms with Gasteiger partial charge in [0.1, 0.15) is 5.78 Å². The maximum atomic E-state index is 11.7. The first kappa shape index (κ1) is 14.3. The summed E-state index contributed by atoms with van der Waals surface area (Å²) >= 11 is 1.72. The average Bonchev–Trinajstić information content (AvgIpc) is 2.27. The minimum Gasteiger partial charge on any atom is -0.298 e. The SMILES string of the molecule is CC(C)SCC(=O)Cc1ccc(C(C)C)cc1. The molecule has 0 atom stereocenters. The van der Waals surface area contributed by atoms with Crippen LogP contribution in [0.1, 0.15) is 44.7 Å². The predicted molar refractivity (Wildman–Crippen MR) is 76.8 cm³/mol. The highest BCUT2D eigenvalue weighted by atomic mass is 32.2. The Hall–Kier alpha value is -0.760. The van der Waals surface area contributed by atoms with E-state index < -0.39 is 0 Å². The van der Waals surface area contributed by atoms with E-state index in [1.54, 1.807) is 11.8 Å². The number of ketones is 1. The fraction of sp³-hybridized carbons (Fsp3) is 0.533. The van der Waals surface area contributed by atoms with Crippen molar-refractivity contribution in [2.24, 2.45) is 0 Å². The van der Waals surface area contributed by atoms with Crippen molar-refractivity contribution in [1.29, 1.82) is 0 Å². The van der Waals surface area contributed by atoms with E-state index >= 15 is 0 Å². The lowest BCUT2D eigenvalue weighted by atomic mass is 10.0. The van der Waals surface area contributed by atoms with Gasteiger partial charge in [0.25, 0.3) is 0 Å². The molecule has 0 saturated heterocycles. The van der Waals surface area contributed by atoms with Crippen molar-refractivity contribution >= 4 is 17.5 Å². The van der Waals surface area contributed by atoms with E-state index in [-0.39, 0.29) is 0 Å². The summed E-state index contributed by atoms with van der Waals surface area (Å²) in [6, 6.07) is 8.41. The predicted octanol–water partition coefficient (Wildman–Crippen LogP) is 4.06. The largest absolute Gasteiger partial charge is 0.298 e. The molecule has 1 nitrogen and oxygen atoms in total. The molecule has 0 heterocycles. The zero-order chi connectivity index (χ0) is 12.8. The quantitative estimate of drug-likeness (QED) is 0.757. The molecule has 0 N–H and O–H groups in total. The molecule has 1 aromatic rings. The van der Waals surface area contributed by atoms with Crippen molar-refractivity contribution in [3.8, 4) is 0 Å². The molecule has 0 aliphatic heterocycles. The number of hydrogen-bond acceptors (Lipinski definition) is 2. The van der Waals surface area contributed by atoms with Crippen molar-refractivity contribution in [3.05, 3.63) is 35.4 Å². The third-order valence-electron chi connectivity index (χ3n) is 2.63. The van der Waals surface area contributed by atoms with E-state index in [1.165, 1.54) is 5.56 Å². The van der Waals surface area contributed by atoms with Crippen LogP contribution in [0.25, 0.3) is 0 Å². The molecular weight excluding hydrogens is 228 g/mol. The Morgan fingerprint density at radius 2 is 1.71 bits per heavy atom. The van der Waals surface area contributed by atoms with Crippen molar-refractivity contribution in [2.45, 2.75) is 45.3 Å². The maximum absolute atomic E-state index is 11.7. The second kappa shape index (κ2) is 6.85. The van der Waals surface area contributed by atoms with Crippen LogP contribution in [-0.2, 0) is 11.2 Å². The molecule has 0 aromatic heterocycles. The van der Waals surface area contributed by atoms with Gasteiger partial charge >= 0.3 is 0 Å². The van der Waals surface area contributed by atoms with Crippen LogP contribution in [0.15, 0.2) is 24.3 Å². The lowest BCUT2D eigenvalue weighted by molar-refractivity contribution is -0.116. The van der Waals surface area contributed by atoms with Crippen molar-refractivity contribution < 1.29 is 4.79 Å². The number of rotatable bonds is 6. The van der Waals surface area contributed by atoms with Gasteiger partial charge in [0, 0.05) is 6.42 Å². The fourth-order valence-corrected chi connectivity index (χ4v) is 2.18. The van der Waals surface area contributed by atoms with E-state index in [2.05, 4.69) is 52.0 Å². The van der Waals surface area contributed by atoms with Gasteiger partial charge in [0.2, 0.25) is 0 Å². The molecule has 0 aliphatic rings. The van der Waals surface area contributed by atoms with Crippen LogP contribution in [0.3, 0.4) is 0 Å². The molecule has 0 amide bonds. The number of benzene rings is 1. The molecule has 0 aliphatic carbocycles. The molecular formula is C15H22OS. The lowest BCUT2D eigenvalue weighted by Gasteiger charge is -2.07. The van der Waals surface area contributed by atoms with Crippen molar-refractivity contribution in [2.75, 3.05) is 5.75 Å². The molecule has 1 aromatic carbocycles. The van der Waals surface area contributed by atoms with Crippen LogP contribution in [0, 0.1) is 0 Å². The van der Waals surface area contributed by atoms with E-state index in [1.807, 2.05) is 0 Å². The van der Waals surface area contributed by atoms with Crippen LogP contribution in [-0.4, -0.2) is 16.8 Å². The van der Waals surface area contributed by atoms with E-state index in [4.69, 9.17) is 0 Å². The summed E-state index contributed by atoms with van der Waals surface area (Å²) in [5.41, 5.74) is 2.46. The first-order chi connectivity index (χ1) is 7.99. The Bertz CT molecular complexity index is 352. The lowest BCUT2D eigenvalue weighted by Crippen LogP contribution is -2.07. The first-order valence-electron chi connectivity index (χ1n) is 6.21. The molecule has 0 unspecified atom stereocenters. The van der Waals surface area contributed by atoms with Gasteiger partial charge in [-0.15, -0.1) is 0 Å². The normalized spacial score (nSPS) is 11.2. The molecule has 0 saturated carbocycles. The summed E-state index contributed by atoms with van der Waals surface area (Å²) in [4.78, 5) is 11.7. The topological polar surface area (TPSA) is 17.1 Å². The van der Waals surface area contributed by atoms with Crippen LogP contribution in [0.2, 0.25) is 0 Å². The summed E-state index contributed by atoms with van der Waals surface area (Å²) < 4.78 is 0. The van der Waals surface area contributed by atoms with E-state index in [0.29, 0.717) is 29.1 Å². The fourth-order valence-electron chi connectivity index (χ4n) is 1.56. The first-order valence-corrected chi connectivity index (χ1v) is 7.26. The summed E-state index contributed by atoms with van der Waals surface area (Å²) in [6.45, 7) is 8.60. The summed E-state index contributed by atoms with van der Waals surface area (Å²) in [7, 11) is 0. The third kappa shape index (κ3) is 5.40. The number of thioether (sulfide) groups is 1. The number of hydrogen-bond donors (Lipinski definition) is 0. The highest BCUT2D eigenvalue weighted by Gasteiger charge is 2.06. The molecule has 0 fully saturated rings. The average molecular weight is 250 g/mol. The highest BCUT2D eigenvalue weighted by Crippen LogP contribution is 2.16. The summed E-state index contributed by atoms with van der Waals surface area (Å²) in [5, 5.41) is 0.530. The minimum absolute atomic E-state index is 0.320. The maximum Gasteiger partial charge on any atom is 0.147 e. The Labute approximate surface area is 109 Å². The second-order valence-electron chi connectivity index (χ2n) is 4.97. The van der Waals surface area contributed by atoms with Gasteiger partial charge in [0.15, 0.2) is 0 Å². The number of carbonyl (C=O) groups is 1. The van der Waals surface area contributed by atoms with Crippen LogP contribution in [0.5, 0.6) is 0 Å². The van der Waals surface area contributed by atoms with Crippen LogP contribution < -0.4 is 0 Å². The van der Waals surface area contributed by atoms with Gasteiger partial charge in [-0.2, -0.15) is 11.8 Å². The van der Waals surface area contributed by atoms with Gasteiger partial charge in [0.05, 0.1) is 5.75 Å². The molecule has 2 heteroatoms. The molecule has 94 valence electrons. The Morgan fingerprint density at radius 1 is 1.12 bits per heavy atom. The van der Waals surface area contributed by atoms with Gasteiger partial charge in [-0.3, -0.25) is 4.79 Å². The Balaban J connectivity index is 2.48. The Kier molecular flexibility index (Phi) is 5.76. The van der Waals surface area contributed by atoms with Gasteiger partial charge in [-0.05, 0) is 22.3 Å². The van der Waals surface area contributed by atoms with E-state index in [9.17, 15) is 4.79 Å². The zero-order valence-electron chi connectivity index (χ0n) is 11.2. The van der Waals surface area contributed by atoms with Crippen molar-refractivity contribution in [1.82, 2.24) is 0 Å². The standard InChI is InChI=1S/C15H22OS/c1-11(2)14-7-5-13(6-8-14)9-15(16)10-17-12(3)4/h5-8,11-12H,9-10H2,1-4H3. The zero-order valence-corrected chi connectivity index (χ0v) is 12.0. The molecule has 0 radical (unpaired) electrons. The summed E-state index contributed by atoms with van der Waals surface area (Å²) in [5.74, 6) is 1.50. The monoisotopic (exact) mass is 250 g/mol. The highest BCUT2D eigenvalue weighted by molar-refractivity contribution is 8.00.